The van der Waals surface area contributed by atoms with E-state index in [9.17, 15) is 4.79 Å². The van der Waals surface area contributed by atoms with Crippen LogP contribution in [-0.4, -0.2) is 29.4 Å². The normalized spacial score (nSPS) is 20.5. The average molecular weight is 195 g/mol. The van der Waals surface area contributed by atoms with Gasteiger partial charge in [-0.05, 0) is 12.8 Å². The van der Waals surface area contributed by atoms with E-state index in [1.54, 1.807) is 7.11 Å². The molecule has 0 saturated carbocycles. The Morgan fingerprint density at radius 2 is 2.50 bits per heavy atom. The Morgan fingerprint density at radius 3 is 3.14 bits per heavy atom. The fraction of sp³-hybridized carbons (Fsp3) is 0.556. The monoisotopic (exact) mass is 195 g/mol. The van der Waals surface area contributed by atoms with Gasteiger partial charge in [0.05, 0.1) is 11.8 Å². The molecule has 1 heterocycles. The van der Waals surface area contributed by atoms with Crippen LogP contribution in [0.15, 0.2) is 0 Å². The number of anilines is 1. The summed E-state index contributed by atoms with van der Waals surface area (Å²) in [5, 5.41) is 4.11. The highest BCUT2D eigenvalue weighted by Gasteiger charge is 2.24. The zero-order valence-electron chi connectivity index (χ0n) is 8.06. The van der Waals surface area contributed by atoms with Crippen molar-refractivity contribution in [2.24, 2.45) is 0 Å². The van der Waals surface area contributed by atoms with E-state index >= 15 is 0 Å². The van der Waals surface area contributed by atoms with Gasteiger partial charge in [-0.15, -0.1) is 0 Å². The minimum atomic E-state index is 0.203. The molecule has 0 amide bonds. The second-order valence-electron chi connectivity index (χ2n) is 3.46. The molecule has 1 aliphatic carbocycles. The minimum absolute atomic E-state index is 0.203. The van der Waals surface area contributed by atoms with Crippen molar-refractivity contribution in [3.63, 3.8) is 0 Å². The molecule has 0 spiro atoms. The molecule has 1 aromatic heterocycles. The van der Waals surface area contributed by atoms with E-state index in [4.69, 9.17) is 10.5 Å². The van der Waals surface area contributed by atoms with Gasteiger partial charge in [-0.3, -0.25) is 4.79 Å². The first-order valence-corrected chi connectivity index (χ1v) is 4.60. The lowest BCUT2D eigenvalue weighted by molar-refractivity contribution is 0.0910. The van der Waals surface area contributed by atoms with Crippen molar-refractivity contribution in [3.8, 4) is 0 Å². The molecule has 1 unspecified atom stereocenters. The molecule has 14 heavy (non-hydrogen) atoms. The fourth-order valence-corrected chi connectivity index (χ4v) is 1.86. The van der Waals surface area contributed by atoms with E-state index in [0.29, 0.717) is 12.2 Å². The van der Waals surface area contributed by atoms with Gasteiger partial charge in [0.25, 0.3) is 0 Å². The summed E-state index contributed by atoms with van der Waals surface area (Å²) >= 11 is 0. The lowest BCUT2D eigenvalue weighted by Crippen LogP contribution is -2.21. The first-order chi connectivity index (χ1) is 6.76. The van der Waals surface area contributed by atoms with Gasteiger partial charge in [-0.1, -0.05) is 0 Å². The second kappa shape index (κ2) is 3.42. The molecule has 1 aromatic rings. The number of aromatic nitrogens is 2. The Labute approximate surface area is 81.8 Å². The van der Waals surface area contributed by atoms with Crippen LogP contribution in [-0.2, 0) is 22.4 Å². The molecule has 2 rings (SSSR count). The van der Waals surface area contributed by atoms with Crippen LogP contribution in [0.25, 0.3) is 0 Å². The van der Waals surface area contributed by atoms with Gasteiger partial charge in [-0.2, -0.15) is 9.78 Å². The number of nitrogen functional groups attached to an aromatic ring is 1. The van der Waals surface area contributed by atoms with Crippen LogP contribution in [0.1, 0.15) is 17.7 Å². The highest BCUT2D eigenvalue weighted by atomic mass is 16.5. The van der Waals surface area contributed by atoms with Crippen LogP contribution in [0.3, 0.4) is 0 Å². The van der Waals surface area contributed by atoms with Crippen LogP contribution >= 0.6 is 0 Å². The summed E-state index contributed by atoms with van der Waals surface area (Å²) in [7, 11) is 1.69. The lowest BCUT2D eigenvalue weighted by Gasteiger charge is -2.19. The largest absolute Gasteiger partial charge is 0.383 e. The fourth-order valence-electron chi connectivity index (χ4n) is 1.86. The first-order valence-electron chi connectivity index (χ1n) is 4.60. The summed E-state index contributed by atoms with van der Waals surface area (Å²) < 4.78 is 6.46. The van der Waals surface area contributed by atoms with Gasteiger partial charge in [0.2, 0.25) is 6.41 Å². The molecule has 0 aromatic carbocycles. The molecule has 1 aliphatic rings. The maximum absolute atomic E-state index is 10.6. The predicted molar refractivity (Wildman–Crippen MR) is 51.6 cm³/mol. The Morgan fingerprint density at radius 1 is 1.71 bits per heavy atom. The topological polar surface area (TPSA) is 70.1 Å². The van der Waals surface area contributed by atoms with Crippen molar-refractivity contribution in [2.45, 2.75) is 25.4 Å². The Kier molecular flexibility index (Phi) is 2.25. The van der Waals surface area contributed by atoms with Crippen LogP contribution in [0, 0.1) is 0 Å². The summed E-state index contributed by atoms with van der Waals surface area (Å²) in [5.41, 5.74) is 7.67. The lowest BCUT2D eigenvalue weighted by atomic mass is 9.95. The van der Waals surface area contributed by atoms with Crippen molar-refractivity contribution in [1.82, 2.24) is 9.78 Å². The van der Waals surface area contributed by atoms with E-state index in [0.717, 1.165) is 30.5 Å². The quantitative estimate of drug-likeness (QED) is 0.675. The molecule has 0 saturated heterocycles. The molecule has 0 aliphatic heterocycles. The third-order valence-corrected chi connectivity index (χ3v) is 2.70. The molecular formula is C9H13N3O2. The number of nitrogens with two attached hydrogens (primary N) is 1. The van der Waals surface area contributed by atoms with Crippen LogP contribution in [0.2, 0.25) is 0 Å². The number of fused-ring (bicyclic) bond motifs is 1. The van der Waals surface area contributed by atoms with E-state index in [1.807, 2.05) is 0 Å². The Bertz CT molecular complexity index is 359. The number of aryl methyl sites for hydroxylation is 1. The number of carbonyl (C=O) groups is 1. The zero-order chi connectivity index (χ0) is 10.1. The highest BCUT2D eigenvalue weighted by molar-refractivity contribution is 5.61. The average Bonchev–Trinajstić information content (AvgIpc) is 2.55. The summed E-state index contributed by atoms with van der Waals surface area (Å²) in [6.45, 7) is 0. The van der Waals surface area contributed by atoms with Gasteiger partial charge < -0.3 is 10.5 Å². The Hall–Kier alpha value is -1.36. The summed E-state index contributed by atoms with van der Waals surface area (Å²) in [4.78, 5) is 10.6. The van der Waals surface area contributed by atoms with Gasteiger partial charge in [0, 0.05) is 19.1 Å². The molecular weight excluding hydrogens is 182 g/mol. The van der Waals surface area contributed by atoms with Crippen molar-refractivity contribution in [1.29, 1.82) is 0 Å². The van der Waals surface area contributed by atoms with E-state index in [1.165, 1.54) is 4.68 Å². The molecule has 0 bridgehead atoms. The number of carbonyl (C=O) groups excluding carboxylic acids is 1. The van der Waals surface area contributed by atoms with Gasteiger partial charge >= 0.3 is 0 Å². The molecule has 5 heteroatoms. The molecule has 76 valence electrons. The van der Waals surface area contributed by atoms with Crippen molar-refractivity contribution < 1.29 is 9.53 Å². The summed E-state index contributed by atoms with van der Waals surface area (Å²) in [6.07, 6.45) is 3.37. The third kappa shape index (κ3) is 1.29. The van der Waals surface area contributed by atoms with Crippen LogP contribution in [0.4, 0.5) is 5.82 Å². The van der Waals surface area contributed by atoms with Gasteiger partial charge in [-0.25, -0.2) is 0 Å². The van der Waals surface area contributed by atoms with E-state index < -0.39 is 0 Å². The number of hydrogen-bond acceptors (Lipinski definition) is 4. The standard InChI is InChI=1S/C9H13N3O2/c1-14-6-2-3-8-7(4-6)9(10)12(5-13)11-8/h5-6H,2-4,10H2,1H3. The van der Waals surface area contributed by atoms with Crippen LogP contribution in [0.5, 0.6) is 0 Å². The highest BCUT2D eigenvalue weighted by Crippen LogP contribution is 2.26. The van der Waals surface area contributed by atoms with Gasteiger partial charge in [0.15, 0.2) is 0 Å². The number of ether oxygens (including phenoxy) is 1. The maximum Gasteiger partial charge on any atom is 0.235 e. The van der Waals surface area contributed by atoms with Crippen molar-refractivity contribution >= 4 is 12.2 Å². The second-order valence-corrected chi connectivity index (χ2v) is 3.46. The maximum atomic E-state index is 10.6. The number of hydrogen-bond donors (Lipinski definition) is 1. The van der Waals surface area contributed by atoms with Crippen LogP contribution < -0.4 is 5.73 Å². The summed E-state index contributed by atoms with van der Waals surface area (Å²) in [5.74, 6) is 0.455. The third-order valence-electron chi connectivity index (χ3n) is 2.70. The molecule has 0 radical (unpaired) electrons. The first kappa shape index (κ1) is 9.21. The predicted octanol–water partition coefficient (Wildman–Crippen LogP) is 0.00730. The van der Waals surface area contributed by atoms with Crippen molar-refractivity contribution in [3.05, 3.63) is 11.3 Å². The zero-order valence-corrected chi connectivity index (χ0v) is 8.06. The molecule has 0 fully saturated rings. The van der Waals surface area contributed by atoms with Crippen molar-refractivity contribution in [2.75, 3.05) is 12.8 Å². The number of rotatable bonds is 2. The molecule has 5 nitrogen and oxygen atoms in total. The molecule has 2 N–H and O–H groups in total. The number of methoxy groups -OCH3 is 1. The molecule has 1 atom stereocenters. The van der Waals surface area contributed by atoms with Gasteiger partial charge in [0.1, 0.15) is 5.82 Å². The minimum Gasteiger partial charge on any atom is -0.383 e. The Balaban J connectivity index is 2.36. The van der Waals surface area contributed by atoms with E-state index in [-0.39, 0.29) is 6.10 Å². The SMILES string of the molecule is COC1CCc2nn(C=O)c(N)c2C1. The summed E-state index contributed by atoms with van der Waals surface area (Å²) in [6, 6.07) is 0. The van der Waals surface area contributed by atoms with E-state index in [2.05, 4.69) is 5.10 Å². The smallest absolute Gasteiger partial charge is 0.235 e. The number of nitrogens with zero attached hydrogens (tertiary/aromatic N) is 2.